The summed E-state index contributed by atoms with van der Waals surface area (Å²) in [6.45, 7) is 2.18. The average molecular weight is 326 g/mol. The second kappa shape index (κ2) is 5.27. The van der Waals surface area contributed by atoms with Crippen molar-refractivity contribution in [2.24, 2.45) is 0 Å². The maximum atomic E-state index is 10.8. The molecule has 0 bridgehead atoms. The number of nitrogen functional groups attached to an aromatic ring is 1. The largest absolute Gasteiger partial charge is 0.384 e. The van der Waals surface area contributed by atoms with Gasteiger partial charge in [-0.1, -0.05) is 0 Å². The highest BCUT2D eigenvalue weighted by Crippen LogP contribution is 2.31. The highest BCUT2D eigenvalue weighted by atomic mass is 79.9. The van der Waals surface area contributed by atoms with Crippen LogP contribution in [0.3, 0.4) is 0 Å². The predicted molar refractivity (Wildman–Crippen MR) is 75.9 cm³/mol. The van der Waals surface area contributed by atoms with Crippen LogP contribution in [0, 0.1) is 17.0 Å². The molecule has 1 heterocycles. The fourth-order valence-electron chi connectivity index (χ4n) is 1.66. The van der Waals surface area contributed by atoms with Gasteiger partial charge in [-0.3, -0.25) is 15.2 Å². The number of rotatable bonds is 4. The first-order chi connectivity index (χ1) is 8.99. The van der Waals surface area contributed by atoms with Gasteiger partial charge < -0.3 is 11.1 Å². The van der Waals surface area contributed by atoms with E-state index in [9.17, 15) is 10.1 Å². The number of nitrogens with zero attached hydrogens (tertiary/aromatic N) is 2. The minimum Gasteiger partial charge on any atom is -0.384 e. The second-order valence-electron chi connectivity index (χ2n) is 4.04. The third kappa shape index (κ3) is 2.84. The van der Waals surface area contributed by atoms with E-state index in [0.717, 1.165) is 11.3 Å². The monoisotopic (exact) mass is 325 g/mol. The van der Waals surface area contributed by atoms with Crippen LogP contribution in [-0.2, 0) is 6.54 Å². The Morgan fingerprint density at radius 2 is 2.32 bits per heavy atom. The molecular weight excluding hydrogens is 314 g/mol. The van der Waals surface area contributed by atoms with Gasteiger partial charge in [0.1, 0.15) is 5.82 Å². The third-order valence-electron chi connectivity index (χ3n) is 2.70. The van der Waals surface area contributed by atoms with Crippen LogP contribution in [0.25, 0.3) is 0 Å². The summed E-state index contributed by atoms with van der Waals surface area (Å²) in [6, 6.07) is 3.20. The van der Waals surface area contributed by atoms with Crippen molar-refractivity contribution in [1.29, 1.82) is 0 Å². The predicted octanol–water partition coefficient (Wildman–Crippen LogP) is 2.58. The Balaban J connectivity index is 2.20. The van der Waals surface area contributed by atoms with Gasteiger partial charge in [0.25, 0.3) is 5.69 Å². The van der Waals surface area contributed by atoms with Crippen molar-refractivity contribution < 1.29 is 4.92 Å². The SMILES string of the molecule is Cc1cc(NCc2cn[nH]c2N)c(Br)cc1[N+](=O)[O-]. The number of aryl methyl sites for hydroxylation is 1. The molecular formula is C11H12BrN5O2. The number of nitro benzene ring substituents is 1. The highest BCUT2D eigenvalue weighted by molar-refractivity contribution is 9.10. The van der Waals surface area contributed by atoms with E-state index in [2.05, 4.69) is 31.4 Å². The van der Waals surface area contributed by atoms with Crippen molar-refractivity contribution in [3.8, 4) is 0 Å². The van der Waals surface area contributed by atoms with E-state index in [0.29, 0.717) is 22.4 Å². The van der Waals surface area contributed by atoms with Crippen molar-refractivity contribution in [1.82, 2.24) is 10.2 Å². The summed E-state index contributed by atoms with van der Waals surface area (Å²) in [7, 11) is 0. The average Bonchev–Trinajstić information content (AvgIpc) is 2.75. The Kier molecular flexibility index (Phi) is 3.70. The van der Waals surface area contributed by atoms with Crippen molar-refractivity contribution in [3.05, 3.63) is 44.0 Å². The highest BCUT2D eigenvalue weighted by Gasteiger charge is 2.14. The van der Waals surface area contributed by atoms with Gasteiger partial charge in [0, 0.05) is 33.9 Å². The molecule has 0 aliphatic rings. The summed E-state index contributed by atoms with van der Waals surface area (Å²) in [6.07, 6.45) is 1.63. The number of hydrogen-bond donors (Lipinski definition) is 3. The van der Waals surface area contributed by atoms with E-state index in [1.807, 2.05) is 0 Å². The molecule has 0 spiro atoms. The van der Waals surface area contributed by atoms with Crippen LogP contribution in [0.15, 0.2) is 22.8 Å². The number of aromatic nitrogens is 2. The molecule has 0 saturated heterocycles. The van der Waals surface area contributed by atoms with Crippen LogP contribution in [0.2, 0.25) is 0 Å². The number of nitrogens with two attached hydrogens (primary N) is 1. The summed E-state index contributed by atoms with van der Waals surface area (Å²) >= 11 is 3.31. The number of hydrogen-bond acceptors (Lipinski definition) is 5. The third-order valence-corrected chi connectivity index (χ3v) is 3.36. The molecule has 1 aromatic heterocycles. The lowest BCUT2D eigenvalue weighted by Gasteiger charge is -2.09. The molecule has 0 atom stereocenters. The summed E-state index contributed by atoms with van der Waals surface area (Å²) in [5.74, 6) is 0.502. The Bertz CT molecular complexity index is 626. The molecule has 1 aromatic carbocycles. The molecule has 2 rings (SSSR count). The lowest BCUT2D eigenvalue weighted by Crippen LogP contribution is -2.03. The molecule has 19 heavy (non-hydrogen) atoms. The fourth-order valence-corrected chi connectivity index (χ4v) is 2.13. The molecule has 4 N–H and O–H groups in total. The lowest BCUT2D eigenvalue weighted by atomic mass is 10.2. The minimum absolute atomic E-state index is 0.0836. The Morgan fingerprint density at radius 3 is 2.89 bits per heavy atom. The van der Waals surface area contributed by atoms with Crippen LogP contribution < -0.4 is 11.1 Å². The van der Waals surface area contributed by atoms with Gasteiger partial charge in [-0.25, -0.2) is 0 Å². The van der Waals surface area contributed by atoms with Gasteiger partial charge in [-0.05, 0) is 28.9 Å². The van der Waals surface area contributed by atoms with Crippen molar-refractivity contribution in [3.63, 3.8) is 0 Å². The first kappa shape index (κ1) is 13.3. The van der Waals surface area contributed by atoms with Gasteiger partial charge in [0.05, 0.1) is 11.1 Å². The summed E-state index contributed by atoms with van der Waals surface area (Å²) < 4.78 is 0.631. The van der Waals surface area contributed by atoms with Crippen LogP contribution in [0.4, 0.5) is 17.2 Å². The van der Waals surface area contributed by atoms with Gasteiger partial charge in [-0.2, -0.15) is 5.10 Å². The lowest BCUT2D eigenvalue weighted by molar-refractivity contribution is -0.385. The Hall–Kier alpha value is -2.09. The number of benzene rings is 1. The maximum absolute atomic E-state index is 10.8. The molecule has 0 aliphatic carbocycles. The van der Waals surface area contributed by atoms with E-state index in [-0.39, 0.29) is 5.69 Å². The van der Waals surface area contributed by atoms with E-state index >= 15 is 0 Å². The Morgan fingerprint density at radius 1 is 1.58 bits per heavy atom. The molecule has 7 nitrogen and oxygen atoms in total. The van der Waals surface area contributed by atoms with Gasteiger partial charge in [0.15, 0.2) is 0 Å². The number of anilines is 2. The molecule has 0 aliphatic heterocycles. The maximum Gasteiger partial charge on any atom is 0.273 e. The zero-order valence-corrected chi connectivity index (χ0v) is 11.7. The van der Waals surface area contributed by atoms with Gasteiger partial charge >= 0.3 is 0 Å². The van der Waals surface area contributed by atoms with Gasteiger partial charge in [0.2, 0.25) is 0 Å². The molecule has 0 fully saturated rings. The molecule has 0 unspecified atom stereocenters. The summed E-state index contributed by atoms with van der Waals surface area (Å²) in [4.78, 5) is 10.4. The van der Waals surface area contributed by atoms with E-state index in [4.69, 9.17) is 5.73 Å². The standard InChI is InChI=1S/C11H12BrN5O2/c1-6-2-9(8(12)3-10(6)17(18)19)14-4-7-5-15-16-11(7)13/h2-3,5,14H,4H2,1H3,(H3,13,15,16). The zero-order valence-electron chi connectivity index (χ0n) is 10.1. The molecule has 0 saturated carbocycles. The first-order valence-electron chi connectivity index (χ1n) is 5.45. The van der Waals surface area contributed by atoms with E-state index < -0.39 is 4.92 Å². The molecule has 0 amide bonds. The van der Waals surface area contributed by atoms with Gasteiger partial charge in [-0.15, -0.1) is 0 Å². The second-order valence-corrected chi connectivity index (χ2v) is 4.89. The van der Waals surface area contributed by atoms with Crippen molar-refractivity contribution in [2.45, 2.75) is 13.5 Å². The quantitative estimate of drug-likeness (QED) is 0.591. The van der Waals surface area contributed by atoms with Crippen LogP contribution >= 0.6 is 15.9 Å². The molecule has 8 heteroatoms. The smallest absolute Gasteiger partial charge is 0.273 e. The number of halogens is 1. The van der Waals surface area contributed by atoms with Crippen molar-refractivity contribution in [2.75, 3.05) is 11.1 Å². The number of H-pyrrole nitrogens is 1. The summed E-state index contributed by atoms with van der Waals surface area (Å²) in [5, 5.41) is 20.4. The van der Waals surface area contributed by atoms with E-state index in [1.165, 1.54) is 6.07 Å². The number of nitro groups is 1. The molecule has 2 aromatic rings. The molecule has 100 valence electrons. The van der Waals surface area contributed by atoms with E-state index in [1.54, 1.807) is 19.2 Å². The number of nitrogens with one attached hydrogen (secondary N) is 2. The summed E-state index contributed by atoms with van der Waals surface area (Å²) in [5.41, 5.74) is 7.96. The number of aromatic amines is 1. The first-order valence-corrected chi connectivity index (χ1v) is 6.24. The Labute approximate surface area is 117 Å². The minimum atomic E-state index is -0.405. The van der Waals surface area contributed by atoms with Crippen molar-refractivity contribution >= 4 is 33.1 Å². The zero-order chi connectivity index (χ0) is 14.0. The van der Waals surface area contributed by atoms with Crippen LogP contribution in [0.1, 0.15) is 11.1 Å². The fraction of sp³-hybridized carbons (Fsp3) is 0.182. The molecule has 0 radical (unpaired) electrons. The normalized spacial score (nSPS) is 10.4. The van der Waals surface area contributed by atoms with Crippen LogP contribution in [0.5, 0.6) is 0 Å². The topological polar surface area (TPSA) is 110 Å². The van der Waals surface area contributed by atoms with Crippen LogP contribution in [-0.4, -0.2) is 15.1 Å².